The lowest BCUT2D eigenvalue weighted by molar-refractivity contribution is 0.239. The molecule has 0 spiro atoms. The summed E-state index contributed by atoms with van der Waals surface area (Å²) in [5, 5.41) is 0. The van der Waals surface area contributed by atoms with Gasteiger partial charge in [0, 0.05) is 11.7 Å². The second-order valence-electron chi connectivity index (χ2n) is 5.20. The Labute approximate surface area is 105 Å². The highest BCUT2D eigenvalue weighted by Crippen LogP contribution is 2.35. The van der Waals surface area contributed by atoms with Crippen molar-refractivity contribution in [2.45, 2.75) is 45.1 Å². The molecule has 94 valence electrons. The smallest absolute Gasteiger partial charge is 0.0350 e. The Bertz CT molecular complexity index is 373. The Balaban J connectivity index is 2.01. The van der Waals surface area contributed by atoms with Gasteiger partial charge in [-0.25, -0.2) is 0 Å². The van der Waals surface area contributed by atoms with Crippen LogP contribution < -0.4 is 5.73 Å². The van der Waals surface area contributed by atoms with Gasteiger partial charge < -0.3 is 5.73 Å². The molecular formula is C15H24N2. The first kappa shape index (κ1) is 12.4. The standard InChI is InChI=1S/C15H24N2/c1-3-4-5-10-17(2)15-9-6-12-11-13(16)7-8-14(12)15/h7-8,11,15H,3-6,9-10,16H2,1-2H3. The number of nitrogen functional groups attached to an aromatic ring is 1. The van der Waals surface area contributed by atoms with Crippen LogP contribution in [0.25, 0.3) is 0 Å². The van der Waals surface area contributed by atoms with Crippen molar-refractivity contribution in [2.75, 3.05) is 19.3 Å². The monoisotopic (exact) mass is 232 g/mol. The van der Waals surface area contributed by atoms with Crippen LogP contribution in [0.2, 0.25) is 0 Å². The molecule has 2 rings (SSSR count). The maximum Gasteiger partial charge on any atom is 0.0350 e. The number of benzene rings is 1. The fourth-order valence-corrected chi connectivity index (χ4v) is 2.84. The van der Waals surface area contributed by atoms with Crippen molar-refractivity contribution in [2.24, 2.45) is 0 Å². The molecule has 0 amide bonds. The van der Waals surface area contributed by atoms with E-state index in [4.69, 9.17) is 5.73 Å². The van der Waals surface area contributed by atoms with Crippen molar-refractivity contribution in [3.05, 3.63) is 29.3 Å². The number of aryl methyl sites for hydroxylation is 1. The van der Waals surface area contributed by atoms with Crippen LogP contribution in [0.5, 0.6) is 0 Å². The van der Waals surface area contributed by atoms with Gasteiger partial charge in [0.25, 0.3) is 0 Å². The van der Waals surface area contributed by atoms with Gasteiger partial charge in [-0.2, -0.15) is 0 Å². The molecule has 2 N–H and O–H groups in total. The molecule has 0 fully saturated rings. The molecule has 2 nitrogen and oxygen atoms in total. The summed E-state index contributed by atoms with van der Waals surface area (Å²) in [6.45, 7) is 3.47. The van der Waals surface area contributed by atoms with Gasteiger partial charge in [-0.1, -0.05) is 25.8 Å². The van der Waals surface area contributed by atoms with Crippen LogP contribution >= 0.6 is 0 Å². The highest BCUT2D eigenvalue weighted by molar-refractivity contribution is 5.47. The number of hydrogen-bond acceptors (Lipinski definition) is 2. The topological polar surface area (TPSA) is 29.3 Å². The zero-order valence-electron chi connectivity index (χ0n) is 11.1. The minimum absolute atomic E-state index is 0.613. The number of fused-ring (bicyclic) bond motifs is 1. The van der Waals surface area contributed by atoms with E-state index in [1.807, 2.05) is 6.07 Å². The average Bonchev–Trinajstić information content (AvgIpc) is 2.72. The molecule has 0 saturated carbocycles. The molecular weight excluding hydrogens is 208 g/mol. The SMILES string of the molecule is CCCCCN(C)C1CCc2cc(N)ccc21. The Morgan fingerprint density at radius 3 is 2.94 bits per heavy atom. The lowest BCUT2D eigenvalue weighted by Gasteiger charge is -2.25. The first-order valence-corrected chi connectivity index (χ1v) is 6.81. The van der Waals surface area contributed by atoms with Gasteiger partial charge in [0.1, 0.15) is 0 Å². The summed E-state index contributed by atoms with van der Waals surface area (Å²) in [6, 6.07) is 7.02. The summed E-state index contributed by atoms with van der Waals surface area (Å²) < 4.78 is 0. The lowest BCUT2D eigenvalue weighted by atomic mass is 10.1. The predicted molar refractivity (Wildman–Crippen MR) is 74.1 cm³/mol. The Hall–Kier alpha value is -1.02. The second-order valence-corrected chi connectivity index (χ2v) is 5.20. The number of nitrogens with two attached hydrogens (primary N) is 1. The van der Waals surface area contributed by atoms with E-state index in [0.29, 0.717) is 6.04 Å². The normalized spacial score (nSPS) is 18.6. The molecule has 1 aliphatic carbocycles. The Morgan fingerprint density at radius 2 is 2.18 bits per heavy atom. The van der Waals surface area contributed by atoms with Crippen LogP contribution in [0.1, 0.15) is 49.8 Å². The van der Waals surface area contributed by atoms with E-state index < -0.39 is 0 Å². The van der Waals surface area contributed by atoms with Crippen LogP contribution in [0.3, 0.4) is 0 Å². The quantitative estimate of drug-likeness (QED) is 0.623. The van der Waals surface area contributed by atoms with Gasteiger partial charge in [-0.15, -0.1) is 0 Å². The van der Waals surface area contributed by atoms with Gasteiger partial charge in [0.05, 0.1) is 0 Å². The van der Waals surface area contributed by atoms with Crippen molar-refractivity contribution in [1.82, 2.24) is 4.90 Å². The van der Waals surface area contributed by atoms with Gasteiger partial charge in [0.15, 0.2) is 0 Å². The van der Waals surface area contributed by atoms with Crippen LogP contribution in [0.15, 0.2) is 18.2 Å². The predicted octanol–water partition coefficient (Wildman–Crippen LogP) is 3.38. The molecule has 0 aliphatic heterocycles. The summed E-state index contributed by atoms with van der Waals surface area (Å²) in [5.41, 5.74) is 9.69. The van der Waals surface area contributed by atoms with E-state index in [0.717, 1.165) is 5.69 Å². The van der Waals surface area contributed by atoms with Crippen LogP contribution in [-0.2, 0) is 6.42 Å². The van der Waals surface area contributed by atoms with E-state index in [9.17, 15) is 0 Å². The summed E-state index contributed by atoms with van der Waals surface area (Å²) in [6.07, 6.45) is 6.38. The first-order chi connectivity index (χ1) is 8.22. The second kappa shape index (κ2) is 5.54. The molecule has 0 bridgehead atoms. The third-order valence-electron chi connectivity index (χ3n) is 3.86. The molecule has 1 aliphatic rings. The fourth-order valence-electron chi connectivity index (χ4n) is 2.84. The lowest BCUT2D eigenvalue weighted by Crippen LogP contribution is -2.24. The molecule has 0 aromatic heterocycles. The maximum absolute atomic E-state index is 5.84. The molecule has 17 heavy (non-hydrogen) atoms. The van der Waals surface area contributed by atoms with Crippen LogP contribution in [0, 0.1) is 0 Å². The third kappa shape index (κ3) is 2.81. The first-order valence-electron chi connectivity index (χ1n) is 6.81. The van der Waals surface area contributed by atoms with Gasteiger partial charge in [-0.3, -0.25) is 4.90 Å². The molecule has 0 saturated heterocycles. The third-order valence-corrected chi connectivity index (χ3v) is 3.86. The van der Waals surface area contributed by atoms with E-state index >= 15 is 0 Å². The van der Waals surface area contributed by atoms with Crippen molar-refractivity contribution in [3.8, 4) is 0 Å². The molecule has 1 aromatic rings. The molecule has 0 heterocycles. The zero-order chi connectivity index (χ0) is 12.3. The zero-order valence-corrected chi connectivity index (χ0v) is 11.1. The number of anilines is 1. The van der Waals surface area contributed by atoms with Crippen LogP contribution in [-0.4, -0.2) is 18.5 Å². The minimum Gasteiger partial charge on any atom is -0.399 e. The molecule has 1 atom stereocenters. The summed E-state index contributed by atoms with van der Waals surface area (Å²) in [5.74, 6) is 0. The van der Waals surface area contributed by atoms with Crippen molar-refractivity contribution >= 4 is 5.69 Å². The molecule has 1 aromatic carbocycles. The van der Waals surface area contributed by atoms with Gasteiger partial charge in [-0.05, 0) is 56.1 Å². The number of hydrogen-bond donors (Lipinski definition) is 1. The summed E-state index contributed by atoms with van der Waals surface area (Å²) in [4.78, 5) is 2.51. The molecule has 2 heteroatoms. The Kier molecular flexibility index (Phi) is 4.06. The van der Waals surface area contributed by atoms with E-state index in [-0.39, 0.29) is 0 Å². The van der Waals surface area contributed by atoms with E-state index in [1.165, 1.54) is 49.8 Å². The fraction of sp³-hybridized carbons (Fsp3) is 0.600. The molecule has 0 radical (unpaired) electrons. The Morgan fingerprint density at radius 1 is 1.35 bits per heavy atom. The number of rotatable bonds is 5. The van der Waals surface area contributed by atoms with Gasteiger partial charge in [0.2, 0.25) is 0 Å². The maximum atomic E-state index is 5.84. The summed E-state index contributed by atoms with van der Waals surface area (Å²) in [7, 11) is 2.26. The van der Waals surface area contributed by atoms with Crippen LogP contribution in [0.4, 0.5) is 5.69 Å². The average molecular weight is 232 g/mol. The molecule has 1 unspecified atom stereocenters. The van der Waals surface area contributed by atoms with Gasteiger partial charge >= 0.3 is 0 Å². The minimum atomic E-state index is 0.613. The van der Waals surface area contributed by atoms with Crippen molar-refractivity contribution in [3.63, 3.8) is 0 Å². The summed E-state index contributed by atoms with van der Waals surface area (Å²) >= 11 is 0. The van der Waals surface area contributed by atoms with E-state index in [1.54, 1.807) is 0 Å². The number of unbranched alkanes of at least 4 members (excludes halogenated alkanes) is 2. The van der Waals surface area contributed by atoms with E-state index in [2.05, 4.69) is 31.0 Å². The number of nitrogens with zero attached hydrogens (tertiary/aromatic N) is 1. The van der Waals surface area contributed by atoms with Crippen molar-refractivity contribution in [1.29, 1.82) is 0 Å². The highest BCUT2D eigenvalue weighted by Gasteiger charge is 2.25. The highest BCUT2D eigenvalue weighted by atomic mass is 15.1. The van der Waals surface area contributed by atoms with Crippen molar-refractivity contribution < 1.29 is 0 Å². The largest absolute Gasteiger partial charge is 0.399 e.